The topological polar surface area (TPSA) is 72.2 Å². The fourth-order valence-electron chi connectivity index (χ4n) is 1.73. The molecule has 0 atom stereocenters. The molecule has 0 aliphatic carbocycles. The summed E-state index contributed by atoms with van der Waals surface area (Å²) in [6.07, 6.45) is 0. The molecular weight excluding hydrogens is 360 g/mol. The molecule has 108 valence electrons. The van der Waals surface area contributed by atoms with Crippen LogP contribution in [0.4, 0.5) is 5.69 Å². The van der Waals surface area contributed by atoms with Crippen LogP contribution in [0, 0.1) is 10.1 Å². The highest BCUT2D eigenvalue weighted by molar-refractivity contribution is 9.10. The molecule has 21 heavy (non-hydrogen) atoms. The maximum absolute atomic E-state index is 12.0. The highest BCUT2D eigenvalue weighted by Crippen LogP contribution is 2.22. The molecule has 7 heteroatoms. The lowest BCUT2D eigenvalue weighted by atomic mass is 10.1. The van der Waals surface area contributed by atoms with Gasteiger partial charge in [-0.1, -0.05) is 39.7 Å². The van der Waals surface area contributed by atoms with Gasteiger partial charge in [0.05, 0.1) is 15.5 Å². The van der Waals surface area contributed by atoms with Crippen LogP contribution in [0.5, 0.6) is 0 Å². The van der Waals surface area contributed by atoms with Crippen LogP contribution in [0.3, 0.4) is 0 Å². The second-order valence-corrected chi connectivity index (χ2v) is 5.56. The Bertz CT molecular complexity index is 706. The standard InChI is InChI=1S/C14H10BrClN2O3/c15-10-3-1-2-9(6-10)8-17-14(19)12-5-4-11(18(20)21)7-13(12)16/h1-7H,8H2,(H,17,19). The first-order valence-electron chi connectivity index (χ1n) is 5.94. The Kier molecular flexibility index (Phi) is 4.93. The van der Waals surface area contributed by atoms with Gasteiger partial charge in [-0.2, -0.15) is 0 Å². The van der Waals surface area contributed by atoms with Crippen molar-refractivity contribution in [3.8, 4) is 0 Å². The number of halogens is 2. The van der Waals surface area contributed by atoms with Crippen LogP contribution >= 0.6 is 27.5 Å². The van der Waals surface area contributed by atoms with Gasteiger partial charge in [-0.15, -0.1) is 0 Å². The van der Waals surface area contributed by atoms with Crippen LogP contribution in [0.1, 0.15) is 15.9 Å². The quantitative estimate of drug-likeness (QED) is 0.655. The van der Waals surface area contributed by atoms with Gasteiger partial charge in [0.15, 0.2) is 0 Å². The molecule has 2 aromatic carbocycles. The molecule has 5 nitrogen and oxygen atoms in total. The van der Waals surface area contributed by atoms with E-state index in [1.165, 1.54) is 12.1 Å². The second-order valence-electron chi connectivity index (χ2n) is 4.23. The minimum absolute atomic E-state index is 0.0518. The Labute approximate surface area is 134 Å². The molecule has 0 radical (unpaired) electrons. The lowest BCUT2D eigenvalue weighted by Crippen LogP contribution is -2.23. The number of carbonyl (C=O) groups is 1. The largest absolute Gasteiger partial charge is 0.348 e. The summed E-state index contributed by atoms with van der Waals surface area (Å²) >= 11 is 9.25. The van der Waals surface area contributed by atoms with Crippen LogP contribution in [-0.2, 0) is 6.54 Å². The van der Waals surface area contributed by atoms with Crippen molar-refractivity contribution < 1.29 is 9.72 Å². The van der Waals surface area contributed by atoms with E-state index in [9.17, 15) is 14.9 Å². The third kappa shape index (κ3) is 4.03. The predicted octanol–water partition coefficient (Wildman–Crippen LogP) is 3.94. The summed E-state index contributed by atoms with van der Waals surface area (Å²) in [5.74, 6) is -0.380. The summed E-state index contributed by atoms with van der Waals surface area (Å²) in [7, 11) is 0. The normalized spacial score (nSPS) is 10.2. The van der Waals surface area contributed by atoms with Crippen molar-refractivity contribution in [2.45, 2.75) is 6.54 Å². The average Bonchev–Trinajstić information content (AvgIpc) is 2.44. The average molecular weight is 370 g/mol. The molecular formula is C14H10BrClN2O3. The number of nitrogens with zero attached hydrogens (tertiary/aromatic N) is 1. The molecule has 0 unspecified atom stereocenters. The first-order chi connectivity index (χ1) is 9.97. The van der Waals surface area contributed by atoms with E-state index in [1.807, 2.05) is 24.3 Å². The first kappa shape index (κ1) is 15.5. The van der Waals surface area contributed by atoms with Gasteiger partial charge in [0.2, 0.25) is 0 Å². The third-order valence-corrected chi connectivity index (χ3v) is 3.56. The number of hydrogen-bond acceptors (Lipinski definition) is 3. The van der Waals surface area contributed by atoms with Crippen LogP contribution in [0.25, 0.3) is 0 Å². The van der Waals surface area contributed by atoms with Gasteiger partial charge < -0.3 is 5.32 Å². The van der Waals surface area contributed by atoms with Crippen molar-refractivity contribution >= 4 is 39.1 Å². The van der Waals surface area contributed by atoms with E-state index in [1.54, 1.807) is 0 Å². The van der Waals surface area contributed by atoms with E-state index in [2.05, 4.69) is 21.2 Å². The van der Waals surface area contributed by atoms with E-state index in [4.69, 9.17) is 11.6 Å². The Morgan fingerprint density at radius 1 is 1.29 bits per heavy atom. The van der Waals surface area contributed by atoms with Gasteiger partial charge in [0, 0.05) is 23.2 Å². The number of rotatable bonds is 4. The molecule has 2 aromatic rings. The Morgan fingerprint density at radius 2 is 2.05 bits per heavy atom. The summed E-state index contributed by atoms with van der Waals surface area (Å²) < 4.78 is 0.919. The summed E-state index contributed by atoms with van der Waals surface area (Å²) in [6.45, 7) is 0.339. The predicted molar refractivity (Wildman–Crippen MR) is 83.4 cm³/mol. The monoisotopic (exact) mass is 368 g/mol. The zero-order valence-electron chi connectivity index (χ0n) is 10.7. The first-order valence-corrected chi connectivity index (χ1v) is 7.11. The molecule has 0 aliphatic heterocycles. The van der Waals surface area contributed by atoms with Crippen molar-refractivity contribution in [3.05, 3.63) is 73.2 Å². The van der Waals surface area contributed by atoms with E-state index >= 15 is 0 Å². The van der Waals surface area contributed by atoms with Gasteiger partial charge >= 0.3 is 0 Å². The molecule has 0 saturated heterocycles. The number of nitro groups is 1. The molecule has 0 fully saturated rings. The van der Waals surface area contributed by atoms with Crippen LogP contribution in [0.15, 0.2) is 46.9 Å². The molecule has 0 heterocycles. The minimum atomic E-state index is -0.560. The third-order valence-electron chi connectivity index (χ3n) is 2.75. The second kappa shape index (κ2) is 6.69. The van der Waals surface area contributed by atoms with Gasteiger partial charge in [-0.3, -0.25) is 14.9 Å². The highest BCUT2D eigenvalue weighted by Gasteiger charge is 2.14. The van der Waals surface area contributed by atoms with Crippen molar-refractivity contribution in [1.82, 2.24) is 5.32 Å². The Morgan fingerprint density at radius 3 is 2.67 bits per heavy atom. The summed E-state index contributed by atoms with van der Waals surface area (Å²) in [4.78, 5) is 22.1. The number of amides is 1. The lowest BCUT2D eigenvalue weighted by Gasteiger charge is -2.07. The van der Waals surface area contributed by atoms with Crippen molar-refractivity contribution in [2.75, 3.05) is 0 Å². The van der Waals surface area contributed by atoms with Crippen molar-refractivity contribution in [1.29, 1.82) is 0 Å². The molecule has 0 aliphatic rings. The minimum Gasteiger partial charge on any atom is -0.348 e. The van der Waals surface area contributed by atoms with Gasteiger partial charge in [-0.05, 0) is 23.8 Å². The van der Waals surface area contributed by atoms with E-state index in [-0.39, 0.29) is 22.2 Å². The maximum atomic E-state index is 12.0. The highest BCUT2D eigenvalue weighted by atomic mass is 79.9. The number of carbonyl (C=O) groups excluding carboxylic acids is 1. The molecule has 0 saturated carbocycles. The van der Waals surface area contributed by atoms with Crippen molar-refractivity contribution in [3.63, 3.8) is 0 Å². The van der Waals surface area contributed by atoms with E-state index < -0.39 is 4.92 Å². The molecule has 1 amide bonds. The lowest BCUT2D eigenvalue weighted by molar-refractivity contribution is -0.384. The molecule has 0 aromatic heterocycles. The summed E-state index contributed by atoms with van der Waals surface area (Å²) in [5.41, 5.74) is 0.983. The maximum Gasteiger partial charge on any atom is 0.270 e. The Balaban J connectivity index is 2.08. The van der Waals surface area contributed by atoms with Gasteiger partial charge in [-0.25, -0.2) is 0 Å². The van der Waals surface area contributed by atoms with E-state index in [0.29, 0.717) is 6.54 Å². The molecule has 0 spiro atoms. The van der Waals surface area contributed by atoms with Crippen LogP contribution in [-0.4, -0.2) is 10.8 Å². The molecule has 1 N–H and O–H groups in total. The summed E-state index contributed by atoms with van der Waals surface area (Å²) in [5, 5.41) is 13.4. The number of benzene rings is 2. The number of nitrogens with one attached hydrogen (secondary N) is 1. The van der Waals surface area contributed by atoms with E-state index in [0.717, 1.165) is 16.1 Å². The van der Waals surface area contributed by atoms with Gasteiger partial charge in [0.25, 0.3) is 11.6 Å². The van der Waals surface area contributed by atoms with Crippen LogP contribution in [0.2, 0.25) is 5.02 Å². The number of hydrogen-bond donors (Lipinski definition) is 1. The SMILES string of the molecule is O=C(NCc1cccc(Br)c1)c1ccc([N+](=O)[O-])cc1Cl. The van der Waals surface area contributed by atoms with Crippen LogP contribution < -0.4 is 5.32 Å². The van der Waals surface area contributed by atoms with Crippen molar-refractivity contribution in [2.24, 2.45) is 0 Å². The molecule has 2 rings (SSSR count). The fraction of sp³-hybridized carbons (Fsp3) is 0.0714. The fourth-order valence-corrected chi connectivity index (χ4v) is 2.43. The summed E-state index contributed by atoms with van der Waals surface area (Å²) in [6, 6.07) is 11.3. The van der Waals surface area contributed by atoms with Gasteiger partial charge in [0.1, 0.15) is 0 Å². The number of non-ortho nitro benzene ring substituents is 1. The Hall–Kier alpha value is -1.92. The zero-order chi connectivity index (χ0) is 15.4. The zero-order valence-corrected chi connectivity index (χ0v) is 13.0. The molecule has 0 bridgehead atoms. The smallest absolute Gasteiger partial charge is 0.270 e. The number of nitro benzene ring substituents is 1.